The van der Waals surface area contributed by atoms with Crippen LogP contribution in [0.15, 0.2) is 12.5 Å². The van der Waals surface area contributed by atoms with Gasteiger partial charge in [-0.15, -0.1) is 0 Å². The van der Waals surface area contributed by atoms with Crippen LogP contribution in [0.5, 0.6) is 0 Å². The number of hydrogen-bond acceptors (Lipinski definition) is 1. The lowest BCUT2D eigenvalue weighted by Gasteiger charge is -2.17. The summed E-state index contributed by atoms with van der Waals surface area (Å²) >= 11 is 0. The fourth-order valence-electron chi connectivity index (χ4n) is 1.69. The summed E-state index contributed by atoms with van der Waals surface area (Å²) in [6.07, 6.45) is 6.40. The third-order valence-corrected chi connectivity index (χ3v) is 2.47. The molecule has 1 atom stereocenters. The highest BCUT2D eigenvalue weighted by Gasteiger charge is 2.10. The zero-order valence-electron chi connectivity index (χ0n) is 9.12. The smallest absolute Gasteiger partial charge is 0.0950 e. The highest BCUT2D eigenvalue weighted by molar-refractivity contribution is 5.04. The minimum absolute atomic E-state index is 0.571. The summed E-state index contributed by atoms with van der Waals surface area (Å²) < 4.78 is 2.30. The Morgan fingerprint density at radius 3 is 2.62 bits per heavy atom. The van der Waals surface area contributed by atoms with Gasteiger partial charge in [0.15, 0.2) is 0 Å². The van der Waals surface area contributed by atoms with Crippen molar-refractivity contribution in [3.63, 3.8) is 0 Å². The summed E-state index contributed by atoms with van der Waals surface area (Å²) in [5.41, 5.74) is 1.35. The Morgan fingerprint density at radius 1 is 1.38 bits per heavy atom. The van der Waals surface area contributed by atoms with Crippen LogP contribution in [0.1, 0.15) is 58.2 Å². The van der Waals surface area contributed by atoms with Gasteiger partial charge < -0.3 is 4.57 Å². The molecular weight excluding hydrogens is 160 g/mol. The van der Waals surface area contributed by atoms with Crippen molar-refractivity contribution in [2.75, 3.05) is 0 Å². The minimum Gasteiger partial charge on any atom is -0.332 e. The molecule has 0 bridgehead atoms. The van der Waals surface area contributed by atoms with E-state index in [0.717, 1.165) is 0 Å². The first-order valence-corrected chi connectivity index (χ1v) is 5.18. The first kappa shape index (κ1) is 10.3. The van der Waals surface area contributed by atoms with Crippen molar-refractivity contribution in [3.8, 4) is 0 Å². The lowest BCUT2D eigenvalue weighted by molar-refractivity contribution is 0.477. The molecule has 2 heteroatoms. The molecule has 1 aromatic heterocycles. The number of imidazole rings is 1. The van der Waals surface area contributed by atoms with Crippen LogP contribution in [-0.2, 0) is 0 Å². The first-order valence-electron chi connectivity index (χ1n) is 5.18. The molecule has 13 heavy (non-hydrogen) atoms. The summed E-state index contributed by atoms with van der Waals surface area (Å²) in [6.45, 7) is 8.91. The van der Waals surface area contributed by atoms with Crippen LogP contribution in [-0.4, -0.2) is 9.55 Å². The predicted molar refractivity (Wildman–Crippen MR) is 55.9 cm³/mol. The Bertz CT molecular complexity index is 250. The molecular formula is C11H20N2. The van der Waals surface area contributed by atoms with Gasteiger partial charge in [-0.05, 0) is 19.3 Å². The van der Waals surface area contributed by atoms with E-state index in [1.54, 1.807) is 0 Å². The van der Waals surface area contributed by atoms with E-state index in [4.69, 9.17) is 0 Å². The molecule has 0 N–H and O–H groups in total. The molecule has 0 spiro atoms. The van der Waals surface area contributed by atoms with Crippen molar-refractivity contribution in [2.45, 2.75) is 52.5 Å². The average molecular weight is 180 g/mol. The molecule has 0 aliphatic heterocycles. The van der Waals surface area contributed by atoms with Gasteiger partial charge in [0.1, 0.15) is 0 Å². The predicted octanol–water partition coefficient (Wildman–Crippen LogP) is 3.37. The van der Waals surface area contributed by atoms with Crippen molar-refractivity contribution >= 4 is 0 Å². The molecule has 1 unspecified atom stereocenters. The van der Waals surface area contributed by atoms with Gasteiger partial charge in [0.25, 0.3) is 0 Å². The van der Waals surface area contributed by atoms with Crippen LogP contribution in [0.2, 0.25) is 0 Å². The van der Waals surface area contributed by atoms with Crippen LogP contribution in [0.25, 0.3) is 0 Å². The van der Waals surface area contributed by atoms with Crippen molar-refractivity contribution in [1.29, 1.82) is 0 Å². The second kappa shape index (κ2) is 4.45. The van der Waals surface area contributed by atoms with Gasteiger partial charge >= 0.3 is 0 Å². The van der Waals surface area contributed by atoms with E-state index in [9.17, 15) is 0 Å². The Labute approximate surface area is 81.0 Å². The molecule has 0 amide bonds. The molecule has 0 fully saturated rings. The van der Waals surface area contributed by atoms with Crippen LogP contribution in [0.3, 0.4) is 0 Å². The topological polar surface area (TPSA) is 17.8 Å². The average Bonchev–Trinajstić information content (AvgIpc) is 2.52. The summed E-state index contributed by atoms with van der Waals surface area (Å²) in [5.74, 6) is 0.571. The lowest BCUT2D eigenvalue weighted by atomic mass is 10.1. The van der Waals surface area contributed by atoms with Crippen LogP contribution < -0.4 is 0 Å². The number of nitrogens with zero attached hydrogens (tertiary/aromatic N) is 2. The molecule has 0 aliphatic rings. The minimum atomic E-state index is 0.571. The number of rotatable bonds is 4. The van der Waals surface area contributed by atoms with E-state index in [1.807, 2.05) is 12.5 Å². The Morgan fingerprint density at radius 2 is 2.08 bits per heavy atom. The maximum Gasteiger partial charge on any atom is 0.0950 e. The largest absolute Gasteiger partial charge is 0.332 e. The quantitative estimate of drug-likeness (QED) is 0.694. The van der Waals surface area contributed by atoms with Gasteiger partial charge in [-0.3, -0.25) is 0 Å². The molecule has 74 valence electrons. The zero-order chi connectivity index (χ0) is 9.84. The molecule has 0 saturated heterocycles. The Kier molecular flexibility index (Phi) is 3.52. The molecule has 2 nitrogen and oxygen atoms in total. The van der Waals surface area contributed by atoms with Crippen LogP contribution in [0.4, 0.5) is 0 Å². The van der Waals surface area contributed by atoms with E-state index in [0.29, 0.717) is 12.0 Å². The van der Waals surface area contributed by atoms with Gasteiger partial charge in [-0.25, -0.2) is 4.98 Å². The van der Waals surface area contributed by atoms with E-state index in [1.165, 1.54) is 18.5 Å². The molecule has 1 aromatic rings. The molecule has 1 heterocycles. The van der Waals surface area contributed by atoms with E-state index in [-0.39, 0.29) is 0 Å². The fraction of sp³-hybridized carbons (Fsp3) is 0.727. The summed E-state index contributed by atoms with van der Waals surface area (Å²) in [5, 5.41) is 0. The number of hydrogen-bond donors (Lipinski definition) is 0. The van der Waals surface area contributed by atoms with Crippen LogP contribution in [0, 0.1) is 0 Å². The maximum absolute atomic E-state index is 4.21. The first-order chi connectivity index (χ1) is 6.16. The van der Waals surface area contributed by atoms with Gasteiger partial charge in [0.05, 0.1) is 6.33 Å². The van der Waals surface area contributed by atoms with Gasteiger partial charge in [-0.1, -0.05) is 27.2 Å². The summed E-state index contributed by atoms with van der Waals surface area (Å²) in [4.78, 5) is 4.21. The molecule has 0 saturated carbocycles. The summed E-state index contributed by atoms with van der Waals surface area (Å²) in [6, 6.07) is 0.588. The Balaban J connectivity index is 2.80. The third kappa shape index (κ3) is 2.33. The van der Waals surface area contributed by atoms with Crippen molar-refractivity contribution in [2.24, 2.45) is 0 Å². The van der Waals surface area contributed by atoms with Gasteiger partial charge in [0, 0.05) is 17.9 Å². The monoisotopic (exact) mass is 180 g/mol. The maximum atomic E-state index is 4.21. The lowest BCUT2D eigenvalue weighted by Crippen LogP contribution is -2.08. The van der Waals surface area contributed by atoms with Crippen molar-refractivity contribution in [1.82, 2.24) is 9.55 Å². The van der Waals surface area contributed by atoms with Crippen molar-refractivity contribution < 1.29 is 0 Å². The molecule has 0 aromatic carbocycles. The molecule has 0 radical (unpaired) electrons. The fourth-order valence-corrected chi connectivity index (χ4v) is 1.69. The number of aromatic nitrogens is 2. The van der Waals surface area contributed by atoms with E-state index < -0.39 is 0 Å². The van der Waals surface area contributed by atoms with Gasteiger partial charge in [-0.2, -0.15) is 0 Å². The van der Waals surface area contributed by atoms with Crippen molar-refractivity contribution in [3.05, 3.63) is 18.2 Å². The normalized spacial score (nSPS) is 13.6. The Hall–Kier alpha value is -0.790. The van der Waals surface area contributed by atoms with Crippen LogP contribution >= 0.6 is 0 Å². The SMILES string of the molecule is CCCC(C)n1cncc1C(C)C. The summed E-state index contributed by atoms with van der Waals surface area (Å²) in [7, 11) is 0. The van der Waals surface area contributed by atoms with Gasteiger partial charge in [0.2, 0.25) is 0 Å². The second-order valence-electron chi connectivity index (χ2n) is 4.02. The highest BCUT2D eigenvalue weighted by Crippen LogP contribution is 2.20. The molecule has 1 rings (SSSR count). The zero-order valence-corrected chi connectivity index (χ0v) is 9.12. The highest BCUT2D eigenvalue weighted by atomic mass is 15.1. The third-order valence-electron chi connectivity index (χ3n) is 2.47. The molecule has 0 aliphatic carbocycles. The van der Waals surface area contributed by atoms with E-state index >= 15 is 0 Å². The standard InChI is InChI=1S/C11H20N2/c1-5-6-10(4)13-8-12-7-11(13)9(2)3/h7-10H,5-6H2,1-4H3. The second-order valence-corrected chi connectivity index (χ2v) is 4.02. The van der Waals surface area contributed by atoms with E-state index in [2.05, 4.69) is 37.2 Å².